The first-order valence-corrected chi connectivity index (χ1v) is 12.8. The van der Waals surface area contributed by atoms with Crippen LogP contribution in [0.2, 0.25) is 0 Å². The molecule has 36 heavy (non-hydrogen) atoms. The van der Waals surface area contributed by atoms with E-state index < -0.39 is 5.97 Å². The number of carboxylic acid groups (broad SMARTS) is 1. The van der Waals surface area contributed by atoms with Gasteiger partial charge in [0.05, 0.1) is 29.0 Å². The van der Waals surface area contributed by atoms with Crippen molar-refractivity contribution in [1.82, 2.24) is 14.9 Å². The topological polar surface area (TPSA) is 70.4 Å². The van der Waals surface area contributed by atoms with Crippen LogP contribution < -0.4 is 10.2 Å². The van der Waals surface area contributed by atoms with Gasteiger partial charge in [0.15, 0.2) is 5.11 Å². The summed E-state index contributed by atoms with van der Waals surface area (Å²) in [5.74, 6) is -0.957. The van der Waals surface area contributed by atoms with Crippen LogP contribution in [-0.2, 0) is 0 Å². The molecule has 2 aromatic heterocycles. The number of thiocarbonyl (C=S) groups is 1. The first-order chi connectivity index (χ1) is 17.3. The van der Waals surface area contributed by atoms with Crippen LogP contribution in [0.25, 0.3) is 5.69 Å². The summed E-state index contributed by atoms with van der Waals surface area (Å²) in [4.78, 5) is 18.8. The van der Waals surface area contributed by atoms with E-state index in [2.05, 4.69) is 56.3 Å². The molecule has 0 radical (unpaired) electrons. The molecule has 8 heteroatoms. The Bertz CT molecular complexity index is 1480. The number of benzene rings is 2. The summed E-state index contributed by atoms with van der Waals surface area (Å²) in [7, 11) is 0. The molecule has 0 saturated carbocycles. The van der Waals surface area contributed by atoms with Crippen LogP contribution in [0.1, 0.15) is 50.7 Å². The average Bonchev–Trinajstić information content (AvgIpc) is 3.36. The van der Waals surface area contributed by atoms with Crippen molar-refractivity contribution >= 4 is 44.9 Å². The quantitative estimate of drug-likeness (QED) is 0.274. The number of anilines is 1. The molecule has 0 amide bonds. The Labute approximate surface area is 223 Å². The minimum Gasteiger partial charge on any atom is -0.478 e. The lowest BCUT2D eigenvalue weighted by molar-refractivity contribution is 0.0697. The van der Waals surface area contributed by atoms with Crippen LogP contribution >= 0.6 is 28.1 Å². The van der Waals surface area contributed by atoms with E-state index in [4.69, 9.17) is 12.2 Å². The summed E-state index contributed by atoms with van der Waals surface area (Å²) in [5, 5.41) is 14.0. The first-order valence-electron chi connectivity index (χ1n) is 11.6. The van der Waals surface area contributed by atoms with E-state index in [0.717, 1.165) is 38.4 Å². The molecule has 1 aliphatic heterocycles. The lowest BCUT2D eigenvalue weighted by atomic mass is 9.96. The minimum absolute atomic E-state index is 0.189. The second-order valence-corrected chi connectivity index (χ2v) is 10.2. The maximum Gasteiger partial charge on any atom is 0.337 e. The van der Waals surface area contributed by atoms with Gasteiger partial charge in [0.2, 0.25) is 0 Å². The van der Waals surface area contributed by atoms with Crippen LogP contribution in [0, 0.1) is 20.8 Å². The van der Waals surface area contributed by atoms with Crippen molar-refractivity contribution in [2.45, 2.75) is 32.9 Å². The van der Waals surface area contributed by atoms with Crippen LogP contribution in [0.4, 0.5) is 5.69 Å². The Kier molecular flexibility index (Phi) is 6.40. The molecule has 1 saturated heterocycles. The molecule has 0 bridgehead atoms. The Hall–Kier alpha value is -3.49. The second-order valence-electron chi connectivity index (χ2n) is 8.91. The van der Waals surface area contributed by atoms with E-state index in [1.54, 1.807) is 18.3 Å². The molecule has 2 aromatic carbocycles. The standard InChI is InChI=1S/C28H25BrN4O2S/c1-16-14-19(11-12-22(16)29)33-26(25(31-28(33)36)23-9-6-7-13-30-23)21-15-17(2)32(18(21)3)24-10-5-4-8-20(24)27(34)35/h4-15,25-26H,1-3H3,(H,31,36)(H,34,35)/t25-,26+/m0/s1. The second kappa shape index (κ2) is 9.52. The number of nitrogens with one attached hydrogen (secondary N) is 1. The van der Waals surface area contributed by atoms with Crippen LogP contribution in [0.5, 0.6) is 0 Å². The number of hydrogen-bond donors (Lipinski definition) is 2. The van der Waals surface area contributed by atoms with Gasteiger partial charge >= 0.3 is 5.97 Å². The number of aryl methyl sites for hydroxylation is 2. The Morgan fingerprint density at radius 1 is 1.06 bits per heavy atom. The monoisotopic (exact) mass is 560 g/mol. The predicted octanol–water partition coefficient (Wildman–Crippen LogP) is 6.44. The highest BCUT2D eigenvalue weighted by molar-refractivity contribution is 9.10. The molecule has 182 valence electrons. The first kappa shape index (κ1) is 24.2. The number of nitrogens with zero attached hydrogens (tertiary/aromatic N) is 3. The van der Waals surface area contributed by atoms with Crippen molar-refractivity contribution in [2.75, 3.05) is 4.90 Å². The van der Waals surface area contributed by atoms with Crippen molar-refractivity contribution in [3.05, 3.63) is 111 Å². The smallest absolute Gasteiger partial charge is 0.337 e. The fourth-order valence-corrected chi connectivity index (χ4v) is 5.63. The molecule has 3 heterocycles. The van der Waals surface area contributed by atoms with Crippen LogP contribution in [0.15, 0.2) is 77.4 Å². The van der Waals surface area contributed by atoms with E-state index in [0.29, 0.717) is 10.8 Å². The van der Waals surface area contributed by atoms with Crippen molar-refractivity contribution in [3.63, 3.8) is 0 Å². The van der Waals surface area contributed by atoms with Crippen LogP contribution in [-0.4, -0.2) is 25.7 Å². The van der Waals surface area contributed by atoms with Gasteiger partial charge < -0.3 is 19.9 Å². The number of pyridine rings is 1. The molecule has 5 rings (SSSR count). The maximum atomic E-state index is 12.0. The molecule has 1 fully saturated rings. The Morgan fingerprint density at radius 2 is 1.81 bits per heavy atom. The highest BCUT2D eigenvalue weighted by atomic mass is 79.9. The fraction of sp³-hybridized carbons (Fsp3) is 0.179. The molecule has 0 unspecified atom stereocenters. The Balaban J connectivity index is 1.71. The van der Waals surface area contributed by atoms with E-state index in [9.17, 15) is 9.90 Å². The summed E-state index contributed by atoms with van der Waals surface area (Å²) < 4.78 is 3.05. The predicted molar refractivity (Wildman–Crippen MR) is 149 cm³/mol. The van der Waals surface area contributed by atoms with Gasteiger partial charge in [-0.25, -0.2) is 4.79 Å². The number of carbonyl (C=O) groups is 1. The van der Waals surface area contributed by atoms with Gasteiger partial charge in [0.1, 0.15) is 0 Å². The lowest BCUT2D eigenvalue weighted by Gasteiger charge is -2.28. The molecular weight excluding hydrogens is 536 g/mol. The van der Waals surface area contributed by atoms with Crippen molar-refractivity contribution in [2.24, 2.45) is 0 Å². The van der Waals surface area contributed by atoms with Crippen LogP contribution in [0.3, 0.4) is 0 Å². The third kappa shape index (κ3) is 4.10. The molecule has 4 aromatic rings. The zero-order valence-corrected chi connectivity index (χ0v) is 22.5. The van der Waals surface area contributed by atoms with Gasteiger partial charge in [-0.3, -0.25) is 4.98 Å². The van der Waals surface area contributed by atoms with Gasteiger partial charge in [0, 0.05) is 27.7 Å². The highest BCUT2D eigenvalue weighted by Crippen LogP contribution is 2.44. The summed E-state index contributed by atoms with van der Waals surface area (Å²) >= 11 is 9.48. The normalized spacial score (nSPS) is 17.3. The average molecular weight is 562 g/mol. The zero-order valence-electron chi connectivity index (χ0n) is 20.1. The van der Waals surface area contributed by atoms with E-state index >= 15 is 0 Å². The fourth-order valence-electron chi connectivity index (χ4n) is 5.03. The molecule has 1 aliphatic rings. The molecular formula is C28H25BrN4O2S. The van der Waals surface area contributed by atoms with Gasteiger partial charge in [-0.15, -0.1) is 0 Å². The van der Waals surface area contributed by atoms with Gasteiger partial charge in [0.25, 0.3) is 0 Å². The number of halogens is 1. The SMILES string of the molecule is Cc1cc(N2C(=S)N[C@@H](c3ccccn3)[C@H]2c2cc(C)n(-c3ccccc3C(=O)O)c2C)ccc1Br. The van der Waals surface area contributed by atoms with Gasteiger partial charge in [-0.2, -0.15) is 0 Å². The van der Waals surface area contributed by atoms with Crippen molar-refractivity contribution in [3.8, 4) is 5.69 Å². The molecule has 0 spiro atoms. The number of rotatable bonds is 5. The molecule has 2 atom stereocenters. The number of carboxylic acids is 1. The summed E-state index contributed by atoms with van der Waals surface area (Å²) in [6, 6.07) is 20.9. The minimum atomic E-state index is -0.957. The Morgan fingerprint density at radius 3 is 2.50 bits per heavy atom. The molecule has 2 N–H and O–H groups in total. The number of aromatic carboxylic acids is 1. The van der Waals surface area contributed by atoms with Crippen molar-refractivity contribution in [1.29, 1.82) is 0 Å². The lowest BCUT2D eigenvalue weighted by Crippen LogP contribution is -2.29. The summed E-state index contributed by atoms with van der Waals surface area (Å²) in [5.41, 5.74) is 6.82. The number of para-hydroxylation sites is 1. The van der Waals surface area contributed by atoms with E-state index in [-0.39, 0.29) is 17.6 Å². The number of hydrogen-bond acceptors (Lipinski definition) is 3. The van der Waals surface area contributed by atoms with E-state index in [1.807, 2.05) is 54.8 Å². The molecule has 0 aliphatic carbocycles. The number of aromatic nitrogens is 2. The van der Waals surface area contributed by atoms with Crippen molar-refractivity contribution < 1.29 is 9.90 Å². The highest BCUT2D eigenvalue weighted by Gasteiger charge is 2.42. The third-order valence-corrected chi connectivity index (χ3v) is 7.89. The largest absolute Gasteiger partial charge is 0.478 e. The van der Waals surface area contributed by atoms with Gasteiger partial charge in [-0.05, 0) is 92.6 Å². The zero-order chi connectivity index (χ0) is 25.6. The summed E-state index contributed by atoms with van der Waals surface area (Å²) in [6.45, 7) is 6.09. The third-order valence-electron chi connectivity index (χ3n) is 6.68. The summed E-state index contributed by atoms with van der Waals surface area (Å²) in [6.07, 6.45) is 1.79. The maximum absolute atomic E-state index is 12.0. The van der Waals surface area contributed by atoms with Gasteiger partial charge in [-0.1, -0.05) is 34.1 Å². The van der Waals surface area contributed by atoms with E-state index in [1.165, 1.54) is 0 Å². The molecule has 6 nitrogen and oxygen atoms in total.